The molecule has 0 saturated carbocycles. The van der Waals surface area contributed by atoms with Crippen LogP contribution in [0.1, 0.15) is 11.5 Å². The fraction of sp³-hybridized carbons (Fsp3) is 0.143. The van der Waals surface area contributed by atoms with Gasteiger partial charge in [-0.3, -0.25) is 0 Å². The normalized spacial score (nSPS) is 11.1. The van der Waals surface area contributed by atoms with Gasteiger partial charge in [0.05, 0.1) is 0 Å². The van der Waals surface area contributed by atoms with Crippen LogP contribution in [0.4, 0.5) is 4.39 Å². The van der Waals surface area contributed by atoms with E-state index in [0.717, 1.165) is 10.0 Å². The summed E-state index contributed by atoms with van der Waals surface area (Å²) in [7, 11) is 0. The molecule has 0 bridgehead atoms. The second-order valence-electron chi connectivity index (χ2n) is 4.21. The summed E-state index contributed by atoms with van der Waals surface area (Å²) in [6, 6.07) is 8.39. The topological polar surface area (TPSA) is 38.9 Å². The Kier molecular flexibility index (Phi) is 3.29. The summed E-state index contributed by atoms with van der Waals surface area (Å²) < 4.78 is 19.5. The van der Waals surface area contributed by atoms with Crippen LogP contribution in [0, 0.1) is 5.82 Å². The van der Waals surface area contributed by atoms with E-state index < -0.39 is 0 Å². The average Bonchev–Trinajstić information content (AvgIpc) is 2.78. The summed E-state index contributed by atoms with van der Waals surface area (Å²) in [6.45, 7) is 0. The van der Waals surface area contributed by atoms with E-state index in [0.29, 0.717) is 30.0 Å². The zero-order valence-corrected chi connectivity index (χ0v) is 11.5. The molecular weight excluding hydrogens is 311 g/mol. The van der Waals surface area contributed by atoms with E-state index in [1.54, 1.807) is 12.3 Å². The van der Waals surface area contributed by atoms with Crippen LogP contribution < -0.4 is 0 Å². The molecule has 1 aromatic carbocycles. The standard InChI is InChI=1S/C14H10BrFN2O/c15-10-7-12-14(17-8-10)18-13(19-12)5-4-9-2-1-3-11(16)6-9/h1-3,6-8H,4-5H2. The molecule has 0 unspecified atom stereocenters. The number of aromatic nitrogens is 2. The van der Waals surface area contributed by atoms with Crippen molar-refractivity contribution < 1.29 is 8.81 Å². The quantitative estimate of drug-likeness (QED) is 0.734. The smallest absolute Gasteiger partial charge is 0.198 e. The molecule has 3 nitrogen and oxygen atoms in total. The maximum atomic E-state index is 13.1. The highest BCUT2D eigenvalue weighted by Gasteiger charge is 2.07. The Morgan fingerprint density at radius 1 is 1.21 bits per heavy atom. The second-order valence-corrected chi connectivity index (χ2v) is 5.13. The zero-order valence-electron chi connectivity index (χ0n) is 9.94. The number of hydrogen-bond acceptors (Lipinski definition) is 3. The van der Waals surface area contributed by atoms with Crippen LogP contribution in [0.5, 0.6) is 0 Å². The van der Waals surface area contributed by atoms with Crippen LogP contribution >= 0.6 is 15.9 Å². The third kappa shape index (κ3) is 2.81. The predicted octanol–water partition coefficient (Wildman–Crippen LogP) is 3.91. The average molecular weight is 321 g/mol. The van der Waals surface area contributed by atoms with Gasteiger partial charge in [0.2, 0.25) is 0 Å². The Labute approximate surface area is 117 Å². The first kappa shape index (κ1) is 12.3. The molecule has 2 heterocycles. The lowest BCUT2D eigenvalue weighted by Crippen LogP contribution is -1.92. The predicted molar refractivity (Wildman–Crippen MR) is 73.3 cm³/mol. The number of fused-ring (bicyclic) bond motifs is 1. The Hall–Kier alpha value is -1.75. The van der Waals surface area contributed by atoms with Crippen molar-refractivity contribution in [1.29, 1.82) is 0 Å². The van der Waals surface area contributed by atoms with Crippen LogP contribution in [-0.4, -0.2) is 9.97 Å². The highest BCUT2D eigenvalue weighted by Crippen LogP contribution is 2.19. The van der Waals surface area contributed by atoms with Crippen LogP contribution in [0.25, 0.3) is 11.2 Å². The van der Waals surface area contributed by atoms with Crippen LogP contribution in [0.3, 0.4) is 0 Å². The summed E-state index contributed by atoms with van der Waals surface area (Å²) in [5, 5.41) is 0. The van der Waals surface area contributed by atoms with Gasteiger partial charge in [0.1, 0.15) is 5.82 Å². The molecule has 5 heteroatoms. The fourth-order valence-corrected chi connectivity index (χ4v) is 2.20. The van der Waals surface area contributed by atoms with E-state index in [1.807, 2.05) is 12.1 Å². The van der Waals surface area contributed by atoms with Crippen molar-refractivity contribution in [3.63, 3.8) is 0 Å². The van der Waals surface area contributed by atoms with Gasteiger partial charge >= 0.3 is 0 Å². The number of aryl methyl sites for hydroxylation is 2. The molecule has 0 saturated heterocycles. The lowest BCUT2D eigenvalue weighted by atomic mass is 10.1. The highest BCUT2D eigenvalue weighted by molar-refractivity contribution is 9.10. The molecule has 0 aliphatic carbocycles. The lowest BCUT2D eigenvalue weighted by molar-refractivity contribution is 0.527. The molecular formula is C14H10BrFN2O. The monoisotopic (exact) mass is 320 g/mol. The van der Waals surface area contributed by atoms with Crippen molar-refractivity contribution in [1.82, 2.24) is 9.97 Å². The van der Waals surface area contributed by atoms with Crippen molar-refractivity contribution in [2.75, 3.05) is 0 Å². The van der Waals surface area contributed by atoms with E-state index in [9.17, 15) is 4.39 Å². The van der Waals surface area contributed by atoms with E-state index in [2.05, 4.69) is 25.9 Å². The summed E-state index contributed by atoms with van der Waals surface area (Å²) in [4.78, 5) is 8.46. The first-order valence-corrected chi connectivity index (χ1v) is 6.65. The minimum absolute atomic E-state index is 0.222. The Balaban J connectivity index is 1.78. The van der Waals surface area contributed by atoms with Gasteiger partial charge in [0, 0.05) is 23.2 Å². The van der Waals surface area contributed by atoms with Gasteiger partial charge in [-0.1, -0.05) is 12.1 Å². The molecule has 96 valence electrons. The number of halogens is 2. The largest absolute Gasteiger partial charge is 0.439 e. The minimum atomic E-state index is -0.222. The van der Waals surface area contributed by atoms with Gasteiger partial charge in [0.15, 0.2) is 17.1 Å². The van der Waals surface area contributed by atoms with Crippen molar-refractivity contribution in [2.45, 2.75) is 12.8 Å². The van der Waals surface area contributed by atoms with E-state index >= 15 is 0 Å². The molecule has 3 aromatic rings. The summed E-state index contributed by atoms with van der Waals surface area (Å²) in [5.74, 6) is 0.394. The third-order valence-electron chi connectivity index (χ3n) is 2.77. The Morgan fingerprint density at radius 2 is 2.11 bits per heavy atom. The van der Waals surface area contributed by atoms with E-state index in [1.165, 1.54) is 12.1 Å². The maximum Gasteiger partial charge on any atom is 0.198 e. The summed E-state index contributed by atoms with van der Waals surface area (Å²) in [6.07, 6.45) is 2.99. The molecule has 3 rings (SSSR count). The Morgan fingerprint density at radius 3 is 2.95 bits per heavy atom. The van der Waals surface area contributed by atoms with Crippen LogP contribution in [0.2, 0.25) is 0 Å². The summed E-state index contributed by atoms with van der Waals surface area (Å²) >= 11 is 3.33. The number of hydrogen-bond donors (Lipinski definition) is 0. The van der Waals surface area contributed by atoms with Gasteiger partial charge in [-0.25, -0.2) is 9.37 Å². The first-order valence-electron chi connectivity index (χ1n) is 5.86. The number of pyridine rings is 1. The molecule has 0 amide bonds. The zero-order chi connectivity index (χ0) is 13.2. The third-order valence-corrected chi connectivity index (χ3v) is 3.21. The highest BCUT2D eigenvalue weighted by atomic mass is 79.9. The van der Waals surface area contributed by atoms with Crippen molar-refractivity contribution in [2.24, 2.45) is 0 Å². The number of oxazole rings is 1. The van der Waals surface area contributed by atoms with Crippen molar-refractivity contribution in [3.8, 4) is 0 Å². The van der Waals surface area contributed by atoms with Gasteiger partial charge < -0.3 is 4.42 Å². The van der Waals surface area contributed by atoms with Gasteiger partial charge in [-0.2, -0.15) is 4.98 Å². The van der Waals surface area contributed by atoms with Crippen molar-refractivity contribution in [3.05, 3.63) is 58.3 Å². The minimum Gasteiger partial charge on any atom is -0.439 e. The van der Waals surface area contributed by atoms with Crippen molar-refractivity contribution >= 4 is 27.2 Å². The first-order chi connectivity index (χ1) is 9.20. The van der Waals surface area contributed by atoms with E-state index in [4.69, 9.17) is 4.42 Å². The lowest BCUT2D eigenvalue weighted by Gasteiger charge is -1.98. The van der Waals surface area contributed by atoms with Crippen LogP contribution in [0.15, 0.2) is 45.4 Å². The number of rotatable bonds is 3. The van der Waals surface area contributed by atoms with Gasteiger partial charge in [0.25, 0.3) is 0 Å². The molecule has 0 atom stereocenters. The molecule has 0 spiro atoms. The molecule has 0 aliphatic rings. The van der Waals surface area contributed by atoms with Gasteiger partial charge in [-0.15, -0.1) is 0 Å². The summed E-state index contributed by atoms with van der Waals surface area (Å²) in [5.41, 5.74) is 2.18. The molecule has 2 aromatic heterocycles. The molecule has 0 N–H and O–H groups in total. The number of benzene rings is 1. The molecule has 0 radical (unpaired) electrons. The number of nitrogens with zero attached hydrogens (tertiary/aromatic N) is 2. The second kappa shape index (κ2) is 5.09. The van der Waals surface area contributed by atoms with Gasteiger partial charge in [-0.05, 0) is 40.0 Å². The molecule has 0 aliphatic heterocycles. The van der Waals surface area contributed by atoms with E-state index in [-0.39, 0.29) is 5.82 Å². The maximum absolute atomic E-state index is 13.1. The molecule has 0 fully saturated rings. The Bertz CT molecular complexity index is 726. The molecule has 19 heavy (non-hydrogen) atoms. The van der Waals surface area contributed by atoms with Crippen LogP contribution in [-0.2, 0) is 12.8 Å². The SMILES string of the molecule is Fc1cccc(CCc2nc3ncc(Br)cc3o2)c1. The fourth-order valence-electron chi connectivity index (χ4n) is 1.89.